The van der Waals surface area contributed by atoms with Crippen LogP contribution in [0.5, 0.6) is 0 Å². The minimum absolute atomic E-state index is 0.0320. The summed E-state index contributed by atoms with van der Waals surface area (Å²) in [5.41, 5.74) is 2.92. The molecular formula is C23H27ClN6O2. The van der Waals surface area contributed by atoms with Gasteiger partial charge in [-0.05, 0) is 58.2 Å². The van der Waals surface area contributed by atoms with Gasteiger partial charge in [0.25, 0.3) is 5.91 Å². The zero-order valence-electron chi connectivity index (χ0n) is 18.6. The number of aryl methyl sites for hydroxylation is 1. The fraction of sp³-hybridized carbons (Fsp3) is 0.391. The minimum Gasteiger partial charge on any atom is -0.390 e. The van der Waals surface area contributed by atoms with E-state index >= 15 is 0 Å². The summed E-state index contributed by atoms with van der Waals surface area (Å²) in [4.78, 5) is 25.1. The second kappa shape index (κ2) is 8.52. The van der Waals surface area contributed by atoms with Crippen LogP contribution in [0.25, 0.3) is 33.5 Å². The van der Waals surface area contributed by atoms with E-state index in [4.69, 9.17) is 16.6 Å². The predicted molar refractivity (Wildman–Crippen MR) is 126 cm³/mol. The van der Waals surface area contributed by atoms with Crippen molar-refractivity contribution in [3.05, 3.63) is 41.2 Å². The molecule has 0 saturated heterocycles. The number of nitrogens with zero attached hydrogens (tertiary/aromatic N) is 4. The molecule has 0 aliphatic rings. The zero-order valence-corrected chi connectivity index (χ0v) is 19.4. The number of aromatic nitrogens is 5. The van der Waals surface area contributed by atoms with Crippen LogP contribution >= 0.6 is 11.6 Å². The summed E-state index contributed by atoms with van der Waals surface area (Å²) in [6, 6.07) is 5.55. The van der Waals surface area contributed by atoms with Gasteiger partial charge in [0.2, 0.25) is 0 Å². The molecule has 1 atom stereocenters. The maximum absolute atomic E-state index is 12.9. The van der Waals surface area contributed by atoms with Gasteiger partial charge in [0, 0.05) is 29.7 Å². The highest BCUT2D eigenvalue weighted by Crippen LogP contribution is 2.29. The van der Waals surface area contributed by atoms with Gasteiger partial charge in [-0.3, -0.25) is 9.48 Å². The molecule has 32 heavy (non-hydrogen) atoms. The number of benzene rings is 1. The van der Waals surface area contributed by atoms with Crippen LogP contribution < -0.4 is 5.32 Å². The Labute approximate surface area is 191 Å². The first-order chi connectivity index (χ1) is 15.1. The topological polar surface area (TPSA) is 109 Å². The summed E-state index contributed by atoms with van der Waals surface area (Å²) in [5.74, 6) is -0.212. The Kier molecular flexibility index (Phi) is 5.92. The molecule has 3 heterocycles. The van der Waals surface area contributed by atoms with Crippen LogP contribution in [0.2, 0.25) is 5.02 Å². The lowest BCUT2D eigenvalue weighted by Gasteiger charge is -2.19. The van der Waals surface area contributed by atoms with Crippen LogP contribution in [0.4, 0.5) is 0 Å². The Morgan fingerprint density at radius 2 is 2.16 bits per heavy atom. The quantitative estimate of drug-likeness (QED) is 0.387. The first-order valence-electron chi connectivity index (χ1n) is 10.6. The van der Waals surface area contributed by atoms with E-state index in [0.29, 0.717) is 39.6 Å². The van der Waals surface area contributed by atoms with Crippen molar-refractivity contribution in [2.24, 2.45) is 7.05 Å². The summed E-state index contributed by atoms with van der Waals surface area (Å²) in [5, 5.41) is 19.0. The molecular weight excluding hydrogens is 428 g/mol. The molecule has 0 spiro atoms. The highest BCUT2D eigenvalue weighted by molar-refractivity contribution is 6.31. The average Bonchev–Trinajstić information content (AvgIpc) is 3.27. The monoisotopic (exact) mass is 454 g/mol. The molecule has 1 amide bonds. The number of nitrogens with one attached hydrogen (secondary N) is 2. The van der Waals surface area contributed by atoms with E-state index in [-0.39, 0.29) is 11.9 Å². The molecule has 0 aliphatic carbocycles. The molecule has 1 unspecified atom stereocenters. The van der Waals surface area contributed by atoms with E-state index < -0.39 is 5.60 Å². The third kappa shape index (κ3) is 4.61. The molecule has 168 valence electrons. The summed E-state index contributed by atoms with van der Waals surface area (Å²) in [7, 11) is 1.85. The Morgan fingerprint density at radius 1 is 1.38 bits per heavy atom. The number of aliphatic hydroxyl groups is 1. The van der Waals surface area contributed by atoms with Gasteiger partial charge < -0.3 is 15.4 Å². The molecule has 8 nitrogen and oxygen atoms in total. The molecule has 1 aromatic carbocycles. The van der Waals surface area contributed by atoms with Crippen LogP contribution in [0.15, 0.2) is 30.6 Å². The number of aromatic amines is 1. The number of carbonyl (C=O) groups is 1. The minimum atomic E-state index is -0.701. The van der Waals surface area contributed by atoms with Crippen LogP contribution in [-0.2, 0) is 7.05 Å². The maximum atomic E-state index is 12.9. The second-order valence-electron chi connectivity index (χ2n) is 8.87. The maximum Gasteiger partial charge on any atom is 0.255 e. The Balaban J connectivity index is 1.59. The van der Waals surface area contributed by atoms with E-state index in [0.717, 1.165) is 23.7 Å². The Morgan fingerprint density at radius 3 is 2.91 bits per heavy atom. The van der Waals surface area contributed by atoms with E-state index in [1.165, 1.54) is 0 Å². The SMILES string of the molecule is CC(CCCC(C)(C)O)NC(=O)c1c[nH]c2ncc(-c3nn(C)c4cc(Cl)ccc34)nc12. The fourth-order valence-corrected chi connectivity index (χ4v) is 3.98. The standard InChI is InChI=1S/C23H27ClN6O2/c1-13(6-5-9-23(2,3)32)27-22(31)16-11-25-21-20(16)28-17(12-26-21)19-15-8-7-14(24)10-18(15)30(4)29-19/h7-8,10-13,32H,5-6,9H2,1-4H3,(H,25,26)(H,27,31). The normalized spacial score (nSPS) is 13.1. The number of hydrogen-bond acceptors (Lipinski definition) is 5. The zero-order chi connectivity index (χ0) is 23.0. The number of halogens is 1. The van der Waals surface area contributed by atoms with Gasteiger partial charge in [-0.15, -0.1) is 0 Å². The lowest BCUT2D eigenvalue weighted by Crippen LogP contribution is -2.33. The summed E-state index contributed by atoms with van der Waals surface area (Å²) < 4.78 is 1.75. The van der Waals surface area contributed by atoms with Crippen molar-refractivity contribution < 1.29 is 9.90 Å². The van der Waals surface area contributed by atoms with Crippen LogP contribution in [-0.4, -0.2) is 47.4 Å². The number of carbonyl (C=O) groups excluding carboxylic acids is 1. The molecule has 0 saturated carbocycles. The van der Waals surface area contributed by atoms with Crippen molar-refractivity contribution >= 4 is 39.6 Å². The van der Waals surface area contributed by atoms with E-state index in [2.05, 4.69) is 20.4 Å². The third-order valence-corrected chi connectivity index (χ3v) is 5.72. The molecule has 3 N–H and O–H groups in total. The van der Waals surface area contributed by atoms with Gasteiger partial charge in [0.05, 0.1) is 22.9 Å². The number of H-pyrrole nitrogens is 1. The molecule has 9 heteroatoms. The molecule has 0 fully saturated rings. The average molecular weight is 455 g/mol. The van der Waals surface area contributed by atoms with Crippen molar-refractivity contribution in [2.75, 3.05) is 0 Å². The van der Waals surface area contributed by atoms with E-state index in [1.54, 1.807) is 30.9 Å². The number of hydrogen-bond donors (Lipinski definition) is 3. The van der Waals surface area contributed by atoms with Crippen LogP contribution in [0.3, 0.4) is 0 Å². The third-order valence-electron chi connectivity index (χ3n) is 5.48. The molecule has 0 aliphatic heterocycles. The summed E-state index contributed by atoms with van der Waals surface area (Å²) in [6.07, 6.45) is 5.55. The first kappa shape index (κ1) is 22.2. The first-order valence-corrected chi connectivity index (χ1v) is 11.0. The predicted octanol–water partition coefficient (Wildman–Crippen LogP) is 4.22. The van der Waals surface area contributed by atoms with Gasteiger partial charge in [-0.25, -0.2) is 9.97 Å². The van der Waals surface area contributed by atoms with E-state index in [9.17, 15) is 9.90 Å². The molecule has 0 bridgehead atoms. The number of amides is 1. The van der Waals surface area contributed by atoms with Gasteiger partial charge in [-0.2, -0.15) is 5.10 Å². The van der Waals surface area contributed by atoms with E-state index in [1.807, 2.05) is 32.2 Å². The van der Waals surface area contributed by atoms with Gasteiger partial charge in [-0.1, -0.05) is 11.6 Å². The number of fused-ring (bicyclic) bond motifs is 2. The molecule has 4 rings (SSSR count). The van der Waals surface area contributed by atoms with Gasteiger partial charge >= 0.3 is 0 Å². The lowest BCUT2D eigenvalue weighted by atomic mass is 10.00. The number of rotatable bonds is 7. The van der Waals surface area contributed by atoms with Crippen molar-refractivity contribution in [1.82, 2.24) is 30.0 Å². The van der Waals surface area contributed by atoms with Gasteiger partial charge in [0.15, 0.2) is 5.65 Å². The van der Waals surface area contributed by atoms with Crippen LogP contribution in [0, 0.1) is 0 Å². The van der Waals surface area contributed by atoms with Crippen molar-refractivity contribution in [2.45, 2.75) is 51.7 Å². The van der Waals surface area contributed by atoms with Crippen molar-refractivity contribution in [3.63, 3.8) is 0 Å². The van der Waals surface area contributed by atoms with Gasteiger partial charge in [0.1, 0.15) is 16.9 Å². The second-order valence-corrected chi connectivity index (χ2v) is 9.30. The Hall–Kier alpha value is -2.97. The fourth-order valence-electron chi connectivity index (χ4n) is 3.81. The summed E-state index contributed by atoms with van der Waals surface area (Å²) >= 11 is 6.13. The molecule has 3 aromatic heterocycles. The van der Waals surface area contributed by atoms with Crippen LogP contribution in [0.1, 0.15) is 50.4 Å². The highest BCUT2D eigenvalue weighted by atomic mass is 35.5. The highest BCUT2D eigenvalue weighted by Gasteiger charge is 2.20. The molecule has 0 radical (unpaired) electrons. The summed E-state index contributed by atoms with van der Waals surface area (Å²) in [6.45, 7) is 5.54. The smallest absolute Gasteiger partial charge is 0.255 e. The molecule has 4 aromatic rings. The van der Waals surface area contributed by atoms with Crippen molar-refractivity contribution in [3.8, 4) is 11.4 Å². The Bertz CT molecular complexity index is 1290. The van der Waals surface area contributed by atoms with Crippen molar-refractivity contribution in [1.29, 1.82) is 0 Å². The largest absolute Gasteiger partial charge is 0.390 e. The lowest BCUT2D eigenvalue weighted by molar-refractivity contribution is 0.0674.